The number of likely N-dealkylation sites (tertiary alicyclic amines) is 1. The molecule has 2 heterocycles. The molecule has 0 bridgehead atoms. The van der Waals surface area contributed by atoms with Crippen LogP contribution in [0.3, 0.4) is 0 Å². The SMILES string of the molecule is CC(C)[C@@H]1CC[C@@H](C)C[C@H]1O[C@@H]1OC(=O)C[C@H]1[C@H]1CCCN1C(C)C. The van der Waals surface area contributed by atoms with Crippen LogP contribution in [-0.2, 0) is 14.3 Å². The molecular formula is C21H37NO3. The van der Waals surface area contributed by atoms with Gasteiger partial charge in [-0.05, 0) is 63.8 Å². The smallest absolute Gasteiger partial charge is 0.308 e. The fourth-order valence-electron chi connectivity index (χ4n) is 5.36. The molecule has 0 spiro atoms. The van der Waals surface area contributed by atoms with Crippen molar-refractivity contribution in [2.24, 2.45) is 23.7 Å². The van der Waals surface area contributed by atoms with Gasteiger partial charge in [0, 0.05) is 18.0 Å². The van der Waals surface area contributed by atoms with Crippen molar-refractivity contribution >= 4 is 5.97 Å². The lowest BCUT2D eigenvalue weighted by Crippen LogP contribution is -2.45. The number of hydrogen-bond acceptors (Lipinski definition) is 4. The highest BCUT2D eigenvalue weighted by molar-refractivity contribution is 5.72. The first-order valence-corrected chi connectivity index (χ1v) is 10.5. The first-order chi connectivity index (χ1) is 11.9. The van der Waals surface area contributed by atoms with E-state index >= 15 is 0 Å². The predicted octanol–water partition coefficient (Wildman–Crippen LogP) is 4.23. The molecule has 1 aliphatic carbocycles. The maximum atomic E-state index is 12.1. The molecule has 0 aromatic rings. The molecule has 3 rings (SSSR count). The minimum atomic E-state index is -0.339. The number of cyclic esters (lactones) is 1. The van der Waals surface area contributed by atoms with Gasteiger partial charge in [0.15, 0.2) is 0 Å². The van der Waals surface area contributed by atoms with Crippen molar-refractivity contribution < 1.29 is 14.3 Å². The first-order valence-electron chi connectivity index (χ1n) is 10.5. The Hall–Kier alpha value is -0.610. The van der Waals surface area contributed by atoms with E-state index in [2.05, 4.69) is 39.5 Å². The Balaban J connectivity index is 1.71. The summed E-state index contributed by atoms with van der Waals surface area (Å²) in [5.74, 6) is 2.03. The summed E-state index contributed by atoms with van der Waals surface area (Å²) in [6.45, 7) is 12.6. The number of hydrogen-bond donors (Lipinski definition) is 0. The van der Waals surface area contributed by atoms with E-state index < -0.39 is 0 Å². The van der Waals surface area contributed by atoms with Crippen molar-refractivity contribution in [3.63, 3.8) is 0 Å². The molecule has 2 aliphatic heterocycles. The topological polar surface area (TPSA) is 38.8 Å². The summed E-state index contributed by atoms with van der Waals surface area (Å²) in [7, 11) is 0. The van der Waals surface area contributed by atoms with Gasteiger partial charge in [0.25, 0.3) is 0 Å². The van der Waals surface area contributed by atoms with Crippen LogP contribution in [0.1, 0.15) is 73.1 Å². The highest BCUT2D eigenvalue weighted by atomic mass is 16.7. The third-order valence-corrected chi connectivity index (χ3v) is 6.77. The van der Waals surface area contributed by atoms with E-state index in [1.54, 1.807) is 0 Å². The van der Waals surface area contributed by atoms with Crippen molar-refractivity contribution in [1.82, 2.24) is 4.90 Å². The largest absolute Gasteiger partial charge is 0.435 e. The van der Waals surface area contributed by atoms with Crippen LogP contribution in [0.15, 0.2) is 0 Å². The van der Waals surface area contributed by atoms with Crippen molar-refractivity contribution in [3.05, 3.63) is 0 Å². The van der Waals surface area contributed by atoms with E-state index in [1.807, 2.05) is 0 Å². The summed E-state index contributed by atoms with van der Waals surface area (Å²) < 4.78 is 12.2. The Morgan fingerprint density at radius 3 is 2.60 bits per heavy atom. The first kappa shape index (κ1) is 19.2. The highest BCUT2D eigenvalue weighted by Gasteiger charge is 2.47. The number of ether oxygens (including phenoxy) is 2. The highest BCUT2D eigenvalue weighted by Crippen LogP contribution is 2.40. The molecule has 0 aromatic carbocycles. The summed E-state index contributed by atoms with van der Waals surface area (Å²) in [6.07, 6.45) is 6.42. The fraction of sp³-hybridized carbons (Fsp3) is 0.952. The van der Waals surface area contributed by atoms with Gasteiger partial charge >= 0.3 is 5.97 Å². The second-order valence-corrected chi connectivity index (χ2v) is 9.27. The van der Waals surface area contributed by atoms with Crippen molar-refractivity contribution in [2.75, 3.05) is 6.54 Å². The molecule has 0 amide bonds. The van der Waals surface area contributed by atoms with Crippen LogP contribution in [0.4, 0.5) is 0 Å². The average Bonchev–Trinajstić information content (AvgIpc) is 3.13. The van der Waals surface area contributed by atoms with Crippen LogP contribution in [0.25, 0.3) is 0 Å². The molecule has 2 saturated heterocycles. The summed E-state index contributed by atoms with van der Waals surface area (Å²) in [5, 5.41) is 0. The lowest BCUT2D eigenvalue weighted by Gasteiger charge is -2.40. The third-order valence-electron chi connectivity index (χ3n) is 6.77. The van der Waals surface area contributed by atoms with E-state index in [1.165, 1.54) is 19.3 Å². The van der Waals surface area contributed by atoms with E-state index in [0.29, 0.717) is 36.3 Å². The lowest BCUT2D eigenvalue weighted by atomic mass is 9.75. The number of esters is 1. The summed E-state index contributed by atoms with van der Waals surface area (Å²) in [4.78, 5) is 14.6. The van der Waals surface area contributed by atoms with Crippen LogP contribution in [0, 0.1) is 23.7 Å². The van der Waals surface area contributed by atoms with E-state index in [0.717, 1.165) is 19.4 Å². The molecule has 4 heteroatoms. The van der Waals surface area contributed by atoms with E-state index in [4.69, 9.17) is 9.47 Å². The fourth-order valence-corrected chi connectivity index (χ4v) is 5.36. The zero-order valence-electron chi connectivity index (χ0n) is 16.7. The Bertz CT molecular complexity index is 464. The van der Waals surface area contributed by atoms with E-state index in [9.17, 15) is 4.79 Å². The molecule has 4 nitrogen and oxygen atoms in total. The standard InChI is InChI=1S/C21H37NO3/c1-13(2)16-9-8-15(5)11-19(16)24-21-17(12-20(23)25-21)18-7-6-10-22(18)14(3)4/h13-19,21H,6-12H2,1-5H3/t15-,16+,17+,18-,19-,21-/m1/s1. The second kappa shape index (κ2) is 7.96. The number of rotatable bonds is 5. The van der Waals surface area contributed by atoms with Crippen LogP contribution >= 0.6 is 0 Å². The Morgan fingerprint density at radius 2 is 1.92 bits per heavy atom. The van der Waals surface area contributed by atoms with Gasteiger partial charge in [-0.25, -0.2) is 0 Å². The van der Waals surface area contributed by atoms with Gasteiger partial charge in [0.05, 0.1) is 12.5 Å². The minimum Gasteiger partial charge on any atom is -0.435 e. The predicted molar refractivity (Wildman–Crippen MR) is 99.1 cm³/mol. The molecule has 0 radical (unpaired) electrons. The summed E-state index contributed by atoms with van der Waals surface area (Å²) in [5.41, 5.74) is 0. The Morgan fingerprint density at radius 1 is 1.16 bits per heavy atom. The molecule has 0 aromatic heterocycles. The van der Waals surface area contributed by atoms with Crippen molar-refractivity contribution in [1.29, 1.82) is 0 Å². The Labute approximate surface area is 153 Å². The molecule has 0 N–H and O–H groups in total. The van der Waals surface area contributed by atoms with Gasteiger partial charge in [0.1, 0.15) is 0 Å². The quantitative estimate of drug-likeness (QED) is 0.695. The van der Waals surface area contributed by atoms with Crippen LogP contribution < -0.4 is 0 Å². The van der Waals surface area contributed by atoms with Gasteiger partial charge in [0.2, 0.25) is 6.29 Å². The molecular weight excluding hydrogens is 314 g/mol. The minimum absolute atomic E-state index is 0.0736. The number of carbonyl (C=O) groups excluding carboxylic acids is 1. The lowest BCUT2D eigenvalue weighted by molar-refractivity contribution is -0.200. The number of nitrogens with zero attached hydrogens (tertiary/aromatic N) is 1. The molecule has 6 atom stereocenters. The van der Waals surface area contributed by atoms with Crippen LogP contribution in [0.5, 0.6) is 0 Å². The molecule has 25 heavy (non-hydrogen) atoms. The maximum Gasteiger partial charge on any atom is 0.308 e. The molecule has 0 unspecified atom stereocenters. The van der Waals surface area contributed by atoms with Gasteiger partial charge in [-0.15, -0.1) is 0 Å². The maximum absolute atomic E-state index is 12.1. The number of carbonyl (C=O) groups is 1. The van der Waals surface area contributed by atoms with Crippen molar-refractivity contribution in [3.8, 4) is 0 Å². The normalized spacial score (nSPS) is 40.2. The zero-order valence-corrected chi connectivity index (χ0v) is 16.7. The Kier molecular flexibility index (Phi) is 6.10. The van der Waals surface area contributed by atoms with Gasteiger partial charge in [-0.2, -0.15) is 0 Å². The average molecular weight is 352 g/mol. The van der Waals surface area contributed by atoms with Crippen LogP contribution in [-0.4, -0.2) is 41.9 Å². The van der Waals surface area contributed by atoms with Gasteiger partial charge in [-0.3, -0.25) is 9.69 Å². The van der Waals surface area contributed by atoms with Gasteiger partial charge in [-0.1, -0.05) is 27.2 Å². The zero-order chi connectivity index (χ0) is 18.1. The monoisotopic (exact) mass is 351 g/mol. The van der Waals surface area contributed by atoms with Gasteiger partial charge < -0.3 is 9.47 Å². The van der Waals surface area contributed by atoms with Crippen LogP contribution in [0.2, 0.25) is 0 Å². The molecule has 1 saturated carbocycles. The summed E-state index contributed by atoms with van der Waals surface area (Å²) >= 11 is 0. The molecule has 3 aliphatic rings. The molecule has 144 valence electrons. The van der Waals surface area contributed by atoms with E-state index in [-0.39, 0.29) is 24.3 Å². The van der Waals surface area contributed by atoms with Crippen molar-refractivity contribution in [2.45, 2.75) is 97.6 Å². The third kappa shape index (κ3) is 4.21. The second-order valence-electron chi connectivity index (χ2n) is 9.27. The molecule has 3 fully saturated rings. The summed E-state index contributed by atoms with van der Waals surface area (Å²) in [6, 6.07) is 0.942.